The third kappa shape index (κ3) is 2.56. The summed E-state index contributed by atoms with van der Waals surface area (Å²) >= 11 is 1.87. The van der Waals surface area contributed by atoms with Crippen molar-refractivity contribution in [3.63, 3.8) is 0 Å². The van der Waals surface area contributed by atoms with E-state index in [9.17, 15) is 0 Å². The van der Waals surface area contributed by atoms with Crippen LogP contribution in [-0.4, -0.2) is 25.0 Å². The smallest absolute Gasteiger partial charge is 0.0345 e. The highest BCUT2D eigenvalue weighted by Crippen LogP contribution is 2.50. The highest BCUT2D eigenvalue weighted by Gasteiger charge is 2.36. The van der Waals surface area contributed by atoms with E-state index < -0.39 is 0 Å². The Morgan fingerprint density at radius 3 is 2.83 bits per heavy atom. The van der Waals surface area contributed by atoms with Gasteiger partial charge in [-0.15, -0.1) is 11.3 Å². The van der Waals surface area contributed by atoms with Crippen LogP contribution in [0.25, 0.3) is 15.7 Å². The number of thiophene rings is 1. The van der Waals surface area contributed by atoms with Crippen molar-refractivity contribution in [2.45, 2.75) is 45.6 Å². The molecule has 1 fully saturated rings. The molecule has 0 N–H and O–H groups in total. The van der Waals surface area contributed by atoms with E-state index in [1.54, 1.807) is 11.1 Å². The van der Waals surface area contributed by atoms with Crippen LogP contribution in [0.1, 0.15) is 43.7 Å². The molecule has 2 aromatic rings. The topological polar surface area (TPSA) is 3.24 Å². The molecule has 0 radical (unpaired) electrons. The van der Waals surface area contributed by atoms with Gasteiger partial charge in [0.15, 0.2) is 0 Å². The van der Waals surface area contributed by atoms with E-state index in [0.29, 0.717) is 6.04 Å². The average molecular weight is 326 g/mol. The molecule has 1 heterocycles. The molecule has 2 heteroatoms. The zero-order valence-corrected chi connectivity index (χ0v) is 15.5. The van der Waals surface area contributed by atoms with Crippen molar-refractivity contribution in [2.75, 3.05) is 14.1 Å². The summed E-state index contributed by atoms with van der Waals surface area (Å²) in [6.45, 7) is 4.63. The molecule has 1 saturated carbocycles. The zero-order chi connectivity index (χ0) is 16.1. The zero-order valence-electron chi connectivity index (χ0n) is 14.7. The number of allylic oxidation sites excluding steroid dienone is 1. The molecule has 2 bridgehead atoms. The van der Waals surface area contributed by atoms with Gasteiger partial charge in [-0.3, -0.25) is 0 Å². The maximum atomic E-state index is 2.47. The van der Waals surface area contributed by atoms with Crippen LogP contribution in [0, 0.1) is 18.8 Å². The second kappa shape index (κ2) is 5.75. The summed E-state index contributed by atoms with van der Waals surface area (Å²) in [5.74, 6) is 1.73. The Kier molecular flexibility index (Phi) is 3.85. The van der Waals surface area contributed by atoms with Crippen molar-refractivity contribution in [1.82, 2.24) is 4.90 Å². The Labute approximate surface area is 144 Å². The predicted octanol–water partition coefficient (Wildman–Crippen LogP) is 5.73. The van der Waals surface area contributed by atoms with Gasteiger partial charge in [-0.05, 0) is 111 Å². The second-order valence-corrected chi connectivity index (χ2v) is 8.70. The van der Waals surface area contributed by atoms with Crippen molar-refractivity contribution < 1.29 is 0 Å². The van der Waals surface area contributed by atoms with E-state index in [1.165, 1.54) is 46.9 Å². The lowest BCUT2D eigenvalue weighted by Crippen LogP contribution is -2.30. The van der Waals surface area contributed by atoms with Crippen molar-refractivity contribution in [3.8, 4) is 0 Å². The molecule has 122 valence electrons. The fourth-order valence-corrected chi connectivity index (χ4v) is 5.58. The molecule has 1 aromatic heterocycles. The Hall–Kier alpha value is -1.12. The molecule has 2 aliphatic carbocycles. The standard InChI is InChI=1S/C21H27NS/c1-13-12-23-20-8-7-17(11-18(13)20)21-16-6-5-15(9-16)10-19(21)14(2)22(3)4/h7-8,11-12,14-16H,5-6,9-10H2,1-4H3. The Bertz CT molecular complexity index is 767. The Morgan fingerprint density at radius 2 is 2.04 bits per heavy atom. The van der Waals surface area contributed by atoms with E-state index in [0.717, 1.165) is 11.8 Å². The molecule has 3 atom stereocenters. The van der Waals surface area contributed by atoms with Crippen LogP contribution in [0.4, 0.5) is 0 Å². The molecule has 4 rings (SSSR count). The second-order valence-electron chi connectivity index (χ2n) is 7.79. The van der Waals surface area contributed by atoms with Crippen LogP contribution in [0.5, 0.6) is 0 Å². The minimum Gasteiger partial charge on any atom is -0.303 e. The van der Waals surface area contributed by atoms with Crippen molar-refractivity contribution in [3.05, 3.63) is 40.3 Å². The summed E-state index contributed by atoms with van der Waals surface area (Å²) < 4.78 is 1.43. The minimum atomic E-state index is 0.549. The molecule has 0 saturated heterocycles. The van der Waals surface area contributed by atoms with Gasteiger partial charge >= 0.3 is 0 Å². The van der Waals surface area contributed by atoms with E-state index in [4.69, 9.17) is 0 Å². The van der Waals surface area contributed by atoms with Gasteiger partial charge < -0.3 is 4.90 Å². The van der Waals surface area contributed by atoms with Crippen LogP contribution < -0.4 is 0 Å². The number of likely N-dealkylation sites (N-methyl/N-ethyl adjacent to an activating group) is 1. The van der Waals surface area contributed by atoms with Crippen LogP contribution in [0.2, 0.25) is 0 Å². The van der Waals surface area contributed by atoms with Crippen LogP contribution in [0.15, 0.2) is 29.2 Å². The molecular weight excluding hydrogens is 298 g/mol. The first-order chi connectivity index (χ1) is 11.0. The maximum absolute atomic E-state index is 2.47. The number of aryl methyl sites for hydroxylation is 1. The van der Waals surface area contributed by atoms with Gasteiger partial charge in [0.25, 0.3) is 0 Å². The monoisotopic (exact) mass is 325 g/mol. The molecule has 3 unspecified atom stereocenters. The highest BCUT2D eigenvalue weighted by molar-refractivity contribution is 7.17. The van der Waals surface area contributed by atoms with Crippen molar-refractivity contribution in [2.24, 2.45) is 11.8 Å². The third-order valence-electron chi connectivity index (χ3n) is 6.16. The van der Waals surface area contributed by atoms with Gasteiger partial charge in [0.1, 0.15) is 0 Å². The summed E-state index contributed by atoms with van der Waals surface area (Å²) in [6.07, 6.45) is 5.55. The molecule has 2 aliphatic rings. The molecule has 0 amide bonds. The number of hydrogen-bond donors (Lipinski definition) is 0. The Morgan fingerprint density at radius 1 is 1.22 bits per heavy atom. The molecular formula is C21H27NS. The van der Waals surface area contributed by atoms with Gasteiger partial charge in [-0.2, -0.15) is 0 Å². The van der Waals surface area contributed by atoms with Crippen LogP contribution >= 0.6 is 11.3 Å². The number of hydrogen-bond acceptors (Lipinski definition) is 2. The fraction of sp³-hybridized carbons (Fsp3) is 0.524. The lowest BCUT2D eigenvalue weighted by molar-refractivity contribution is 0.330. The number of nitrogens with zero attached hydrogens (tertiary/aromatic N) is 1. The number of benzene rings is 1. The van der Waals surface area contributed by atoms with E-state index in [1.807, 2.05) is 11.3 Å². The quantitative estimate of drug-likeness (QED) is 0.696. The van der Waals surface area contributed by atoms with Gasteiger partial charge in [0.2, 0.25) is 0 Å². The largest absolute Gasteiger partial charge is 0.303 e. The van der Waals surface area contributed by atoms with E-state index in [2.05, 4.69) is 56.4 Å². The summed E-state index contributed by atoms with van der Waals surface area (Å²) in [7, 11) is 4.44. The van der Waals surface area contributed by atoms with E-state index >= 15 is 0 Å². The Balaban J connectivity index is 1.87. The van der Waals surface area contributed by atoms with Crippen molar-refractivity contribution in [1.29, 1.82) is 0 Å². The predicted molar refractivity (Wildman–Crippen MR) is 102 cm³/mol. The minimum absolute atomic E-state index is 0.549. The summed E-state index contributed by atoms with van der Waals surface area (Å²) in [5, 5.41) is 3.75. The van der Waals surface area contributed by atoms with Crippen molar-refractivity contribution >= 4 is 27.0 Å². The summed E-state index contributed by atoms with van der Waals surface area (Å²) in [5.41, 5.74) is 6.32. The average Bonchev–Trinajstić information content (AvgIpc) is 3.10. The molecule has 0 spiro atoms. The highest BCUT2D eigenvalue weighted by atomic mass is 32.1. The normalized spacial score (nSPS) is 25.6. The van der Waals surface area contributed by atoms with E-state index in [-0.39, 0.29) is 0 Å². The van der Waals surface area contributed by atoms with Gasteiger partial charge in [-0.25, -0.2) is 0 Å². The van der Waals surface area contributed by atoms with Gasteiger partial charge in [0, 0.05) is 10.7 Å². The van der Waals surface area contributed by atoms with Crippen LogP contribution in [0.3, 0.4) is 0 Å². The summed E-state index contributed by atoms with van der Waals surface area (Å²) in [6, 6.07) is 7.74. The lowest BCUT2D eigenvalue weighted by atomic mass is 9.77. The number of fused-ring (bicyclic) bond motifs is 3. The number of rotatable bonds is 3. The molecule has 23 heavy (non-hydrogen) atoms. The third-order valence-corrected chi connectivity index (χ3v) is 7.24. The van der Waals surface area contributed by atoms with Gasteiger partial charge in [0.05, 0.1) is 0 Å². The lowest BCUT2D eigenvalue weighted by Gasteiger charge is -2.33. The molecule has 0 aliphatic heterocycles. The van der Waals surface area contributed by atoms with Gasteiger partial charge in [-0.1, -0.05) is 6.07 Å². The first-order valence-electron chi connectivity index (χ1n) is 8.92. The fourth-order valence-electron chi connectivity index (χ4n) is 4.66. The SMILES string of the molecule is Cc1csc2ccc(C3=C(C(C)N(C)C)CC4CCC3C4)cc12. The van der Waals surface area contributed by atoms with Crippen LogP contribution in [-0.2, 0) is 0 Å². The maximum Gasteiger partial charge on any atom is 0.0345 e. The molecule has 1 aromatic carbocycles. The molecule has 1 nitrogen and oxygen atoms in total. The summed E-state index contributed by atoms with van der Waals surface area (Å²) in [4.78, 5) is 2.38. The first kappa shape index (κ1) is 15.4. The first-order valence-corrected chi connectivity index (χ1v) is 9.80.